The summed E-state index contributed by atoms with van der Waals surface area (Å²) < 4.78 is 5.52. The van der Waals surface area contributed by atoms with E-state index in [0.717, 1.165) is 50.9 Å². The molecule has 1 aromatic rings. The molecule has 6 nitrogen and oxygen atoms in total. The molecule has 2 amide bonds. The van der Waals surface area contributed by atoms with Crippen molar-refractivity contribution in [1.82, 2.24) is 14.8 Å². The summed E-state index contributed by atoms with van der Waals surface area (Å²) in [5, 5.41) is 0. The van der Waals surface area contributed by atoms with Gasteiger partial charge in [0.2, 0.25) is 11.8 Å². The van der Waals surface area contributed by atoms with Crippen LogP contribution >= 0.6 is 0 Å². The Hall–Kier alpha value is -1.95. The molecule has 148 valence electrons. The summed E-state index contributed by atoms with van der Waals surface area (Å²) in [4.78, 5) is 33.2. The molecule has 2 fully saturated rings. The fourth-order valence-corrected chi connectivity index (χ4v) is 4.18. The smallest absolute Gasteiger partial charge is 0.248 e. The van der Waals surface area contributed by atoms with E-state index in [1.165, 1.54) is 0 Å². The topological polar surface area (TPSA) is 62.7 Å². The van der Waals surface area contributed by atoms with Gasteiger partial charge in [-0.05, 0) is 37.8 Å². The lowest BCUT2D eigenvalue weighted by Gasteiger charge is -2.48. The highest BCUT2D eigenvalue weighted by Crippen LogP contribution is 2.39. The molecule has 3 rings (SSSR count). The Kier molecular flexibility index (Phi) is 6.83. The van der Waals surface area contributed by atoms with Crippen LogP contribution in [0.2, 0.25) is 0 Å². The second-order valence-corrected chi connectivity index (χ2v) is 7.90. The highest BCUT2D eigenvalue weighted by atomic mass is 16.5. The molecule has 6 heteroatoms. The van der Waals surface area contributed by atoms with Gasteiger partial charge in [-0.1, -0.05) is 19.4 Å². The van der Waals surface area contributed by atoms with E-state index in [0.29, 0.717) is 26.1 Å². The third kappa shape index (κ3) is 5.28. The van der Waals surface area contributed by atoms with Crippen molar-refractivity contribution < 1.29 is 14.3 Å². The first-order chi connectivity index (χ1) is 13.1. The van der Waals surface area contributed by atoms with E-state index in [1.807, 2.05) is 28.0 Å². The predicted octanol–water partition coefficient (Wildman–Crippen LogP) is 2.63. The first-order valence-corrected chi connectivity index (χ1v) is 10.2. The molecular weight excluding hydrogens is 342 g/mol. The van der Waals surface area contributed by atoms with Gasteiger partial charge >= 0.3 is 0 Å². The number of carbonyl (C=O) groups excluding carboxylic acids is 2. The minimum Gasteiger partial charge on any atom is -0.372 e. The predicted molar refractivity (Wildman–Crippen MR) is 103 cm³/mol. The first kappa shape index (κ1) is 19.8. The van der Waals surface area contributed by atoms with Crippen molar-refractivity contribution in [1.29, 1.82) is 0 Å². The molecule has 0 aliphatic carbocycles. The van der Waals surface area contributed by atoms with Crippen LogP contribution in [-0.4, -0.2) is 59.4 Å². The standard InChI is InChI=1S/C21H31N3O3/c1-2-3-13-27-15-20(26)23-12-6-9-21(16-23)10-8-19(25)24(17-21)14-18-7-4-5-11-22-18/h4-5,7,11H,2-3,6,8-10,12-17H2,1H3/t21-/m0/s1. The highest BCUT2D eigenvalue weighted by molar-refractivity contribution is 5.78. The van der Waals surface area contributed by atoms with Crippen LogP contribution in [0, 0.1) is 5.41 Å². The molecule has 2 aliphatic heterocycles. The Morgan fingerprint density at radius 1 is 1.30 bits per heavy atom. The van der Waals surface area contributed by atoms with E-state index < -0.39 is 0 Å². The van der Waals surface area contributed by atoms with Crippen LogP contribution < -0.4 is 0 Å². The van der Waals surface area contributed by atoms with Crippen LogP contribution in [0.15, 0.2) is 24.4 Å². The highest BCUT2D eigenvalue weighted by Gasteiger charge is 2.42. The van der Waals surface area contributed by atoms with Crippen molar-refractivity contribution in [2.75, 3.05) is 32.8 Å². The zero-order valence-electron chi connectivity index (χ0n) is 16.4. The number of hydrogen-bond donors (Lipinski definition) is 0. The van der Waals surface area contributed by atoms with Gasteiger partial charge in [0, 0.05) is 44.3 Å². The Labute approximate surface area is 161 Å². The zero-order chi connectivity index (χ0) is 19.1. The number of likely N-dealkylation sites (tertiary alicyclic amines) is 2. The third-order valence-corrected chi connectivity index (χ3v) is 5.71. The molecule has 1 aromatic heterocycles. The summed E-state index contributed by atoms with van der Waals surface area (Å²) >= 11 is 0. The van der Waals surface area contributed by atoms with Gasteiger partial charge in [-0.25, -0.2) is 0 Å². The van der Waals surface area contributed by atoms with Crippen LogP contribution in [0.4, 0.5) is 0 Å². The average Bonchev–Trinajstić information content (AvgIpc) is 2.69. The van der Waals surface area contributed by atoms with Gasteiger partial charge < -0.3 is 14.5 Å². The lowest BCUT2D eigenvalue weighted by Crippen LogP contribution is -2.55. The van der Waals surface area contributed by atoms with Crippen molar-refractivity contribution in [2.24, 2.45) is 5.41 Å². The molecule has 2 aliphatic rings. The van der Waals surface area contributed by atoms with E-state index in [1.54, 1.807) is 6.20 Å². The number of ether oxygens (including phenoxy) is 1. The van der Waals surface area contributed by atoms with Crippen LogP contribution in [0.3, 0.4) is 0 Å². The van der Waals surface area contributed by atoms with Crippen LogP contribution in [0.5, 0.6) is 0 Å². The third-order valence-electron chi connectivity index (χ3n) is 5.71. The molecule has 0 bridgehead atoms. The number of carbonyl (C=O) groups is 2. The summed E-state index contributed by atoms with van der Waals surface area (Å²) in [6.45, 7) is 5.72. The van der Waals surface area contributed by atoms with Gasteiger partial charge in [-0.2, -0.15) is 0 Å². The molecule has 0 aromatic carbocycles. The van der Waals surface area contributed by atoms with E-state index in [-0.39, 0.29) is 23.8 Å². The van der Waals surface area contributed by atoms with Crippen molar-refractivity contribution in [3.8, 4) is 0 Å². The molecule has 2 saturated heterocycles. The van der Waals surface area contributed by atoms with Gasteiger partial charge in [0.1, 0.15) is 6.61 Å². The number of rotatable bonds is 7. The van der Waals surface area contributed by atoms with Gasteiger partial charge in [0.15, 0.2) is 0 Å². The Morgan fingerprint density at radius 2 is 2.19 bits per heavy atom. The van der Waals surface area contributed by atoms with Gasteiger partial charge in [-0.15, -0.1) is 0 Å². The van der Waals surface area contributed by atoms with E-state index in [4.69, 9.17) is 4.74 Å². The second-order valence-electron chi connectivity index (χ2n) is 7.90. The minimum absolute atomic E-state index is 0.0139. The molecule has 0 saturated carbocycles. The number of amides is 2. The summed E-state index contributed by atoms with van der Waals surface area (Å²) in [5.74, 6) is 0.274. The van der Waals surface area contributed by atoms with Crippen molar-refractivity contribution in [3.63, 3.8) is 0 Å². The first-order valence-electron chi connectivity index (χ1n) is 10.2. The molecule has 27 heavy (non-hydrogen) atoms. The molecule has 1 spiro atoms. The van der Waals surface area contributed by atoms with Crippen molar-refractivity contribution in [3.05, 3.63) is 30.1 Å². The quantitative estimate of drug-likeness (QED) is 0.689. The molecular formula is C21H31N3O3. The fraction of sp³-hybridized carbons (Fsp3) is 0.667. The van der Waals surface area contributed by atoms with Crippen molar-refractivity contribution >= 4 is 11.8 Å². The summed E-state index contributed by atoms with van der Waals surface area (Å²) in [5.41, 5.74) is 0.927. The summed E-state index contributed by atoms with van der Waals surface area (Å²) in [6.07, 6.45) is 7.31. The monoisotopic (exact) mass is 373 g/mol. The molecule has 0 unspecified atom stereocenters. The SMILES string of the molecule is CCCCOCC(=O)N1CCC[C@]2(CCC(=O)N(Cc3ccccn3)C2)C1. The number of aromatic nitrogens is 1. The fourth-order valence-electron chi connectivity index (χ4n) is 4.18. The van der Waals surface area contributed by atoms with Crippen LogP contribution in [0.25, 0.3) is 0 Å². The lowest BCUT2D eigenvalue weighted by atomic mass is 9.73. The molecule has 0 radical (unpaired) electrons. The molecule has 3 heterocycles. The zero-order valence-corrected chi connectivity index (χ0v) is 16.4. The van der Waals surface area contributed by atoms with Crippen LogP contribution in [-0.2, 0) is 20.9 Å². The summed E-state index contributed by atoms with van der Waals surface area (Å²) in [6, 6.07) is 5.79. The number of pyridine rings is 1. The van der Waals surface area contributed by atoms with E-state index >= 15 is 0 Å². The van der Waals surface area contributed by atoms with Gasteiger partial charge in [0.25, 0.3) is 0 Å². The minimum atomic E-state index is 0.0139. The second kappa shape index (κ2) is 9.31. The maximum Gasteiger partial charge on any atom is 0.248 e. The summed E-state index contributed by atoms with van der Waals surface area (Å²) in [7, 11) is 0. The Bertz CT molecular complexity index is 637. The average molecular weight is 373 g/mol. The van der Waals surface area contributed by atoms with E-state index in [9.17, 15) is 9.59 Å². The van der Waals surface area contributed by atoms with Crippen molar-refractivity contribution in [2.45, 2.75) is 52.0 Å². The number of piperidine rings is 2. The number of nitrogens with zero attached hydrogens (tertiary/aromatic N) is 3. The molecule has 1 atom stereocenters. The molecule has 0 N–H and O–H groups in total. The van der Waals surface area contributed by atoms with Gasteiger partial charge in [-0.3, -0.25) is 14.6 Å². The Morgan fingerprint density at radius 3 is 2.96 bits per heavy atom. The van der Waals surface area contributed by atoms with Crippen LogP contribution in [0.1, 0.15) is 51.1 Å². The van der Waals surface area contributed by atoms with E-state index in [2.05, 4.69) is 11.9 Å². The number of hydrogen-bond acceptors (Lipinski definition) is 4. The maximum absolute atomic E-state index is 12.5. The normalized spacial score (nSPS) is 23.1. The van der Waals surface area contributed by atoms with Gasteiger partial charge in [0.05, 0.1) is 12.2 Å². The largest absolute Gasteiger partial charge is 0.372 e. The maximum atomic E-state index is 12.5. The lowest BCUT2D eigenvalue weighted by molar-refractivity contribution is -0.146. The number of unbranched alkanes of at least 4 members (excludes halogenated alkanes) is 1. The Balaban J connectivity index is 1.59.